The van der Waals surface area contributed by atoms with Gasteiger partial charge in [0.1, 0.15) is 0 Å². The van der Waals surface area contributed by atoms with Crippen molar-refractivity contribution >= 4 is 21.7 Å². The smallest absolute Gasteiger partial charge is 0.304 e. The highest BCUT2D eigenvalue weighted by molar-refractivity contribution is 7.89. The van der Waals surface area contributed by atoms with Crippen LogP contribution in [0.25, 0.3) is 0 Å². The van der Waals surface area contributed by atoms with Crippen LogP contribution >= 0.6 is 0 Å². The Bertz CT molecular complexity index is 656. The van der Waals surface area contributed by atoms with Gasteiger partial charge in [0.15, 0.2) is 0 Å². The first-order valence-corrected chi connectivity index (χ1v) is 7.61. The van der Waals surface area contributed by atoms with Crippen molar-refractivity contribution in [3.05, 3.63) is 33.9 Å². The molecule has 0 spiro atoms. The van der Waals surface area contributed by atoms with Crippen LogP contribution < -0.4 is 0 Å². The van der Waals surface area contributed by atoms with Crippen LogP contribution in [0.3, 0.4) is 0 Å². The number of carbonyl (C=O) groups is 1. The zero-order chi connectivity index (χ0) is 16.2. The molecule has 1 aromatic rings. The molecule has 0 saturated carbocycles. The summed E-state index contributed by atoms with van der Waals surface area (Å²) in [7, 11) is -3.95. The van der Waals surface area contributed by atoms with Gasteiger partial charge in [0.05, 0.1) is 16.2 Å². The lowest BCUT2D eigenvalue weighted by Crippen LogP contribution is -2.33. The van der Waals surface area contributed by atoms with Gasteiger partial charge in [0, 0.05) is 24.7 Å². The highest BCUT2D eigenvalue weighted by Crippen LogP contribution is 2.24. The zero-order valence-electron chi connectivity index (χ0n) is 11.6. The molecule has 0 unspecified atom stereocenters. The molecule has 0 aliphatic carbocycles. The molecule has 0 aliphatic heterocycles. The summed E-state index contributed by atoms with van der Waals surface area (Å²) >= 11 is 0. The van der Waals surface area contributed by atoms with Gasteiger partial charge >= 0.3 is 5.97 Å². The summed E-state index contributed by atoms with van der Waals surface area (Å²) in [6.45, 7) is 2.98. The first kappa shape index (κ1) is 17.1. The van der Waals surface area contributed by atoms with Crippen molar-refractivity contribution in [2.75, 3.05) is 13.1 Å². The van der Waals surface area contributed by atoms with E-state index >= 15 is 0 Å². The summed E-state index contributed by atoms with van der Waals surface area (Å²) < 4.78 is 25.7. The lowest BCUT2D eigenvalue weighted by molar-refractivity contribution is -0.385. The van der Waals surface area contributed by atoms with E-state index < -0.39 is 20.9 Å². The van der Waals surface area contributed by atoms with Crippen LogP contribution in [0, 0.1) is 17.0 Å². The number of nitro benzene ring substituents is 1. The summed E-state index contributed by atoms with van der Waals surface area (Å²) in [5.74, 6) is -1.11. The summed E-state index contributed by atoms with van der Waals surface area (Å²) in [5.41, 5.74) is 0.0675. The number of hydrogen-bond acceptors (Lipinski definition) is 5. The van der Waals surface area contributed by atoms with Gasteiger partial charge in [-0.25, -0.2) is 8.42 Å². The molecular formula is C12H16N2O6S. The van der Waals surface area contributed by atoms with E-state index in [0.717, 1.165) is 10.4 Å². The number of carboxylic acids is 1. The van der Waals surface area contributed by atoms with Crippen molar-refractivity contribution in [2.45, 2.75) is 25.2 Å². The van der Waals surface area contributed by atoms with Crippen LogP contribution in [0.1, 0.15) is 18.9 Å². The van der Waals surface area contributed by atoms with Crippen LogP contribution in [-0.4, -0.2) is 41.8 Å². The Morgan fingerprint density at radius 1 is 1.43 bits per heavy atom. The van der Waals surface area contributed by atoms with Crippen LogP contribution in [0.4, 0.5) is 5.69 Å². The van der Waals surface area contributed by atoms with Crippen molar-refractivity contribution in [2.24, 2.45) is 0 Å². The van der Waals surface area contributed by atoms with Gasteiger partial charge in [-0.15, -0.1) is 0 Å². The van der Waals surface area contributed by atoms with Gasteiger partial charge in [0.2, 0.25) is 10.0 Å². The third-order valence-corrected chi connectivity index (χ3v) is 4.91. The topological polar surface area (TPSA) is 118 Å². The number of aliphatic carboxylic acids is 1. The van der Waals surface area contributed by atoms with E-state index in [9.17, 15) is 23.3 Å². The first-order chi connectivity index (χ1) is 9.70. The summed E-state index contributed by atoms with van der Waals surface area (Å²) in [4.78, 5) is 20.6. The summed E-state index contributed by atoms with van der Waals surface area (Å²) in [6, 6.07) is 3.63. The van der Waals surface area contributed by atoms with Gasteiger partial charge in [-0.05, 0) is 13.0 Å². The number of nitrogens with zero attached hydrogens (tertiary/aromatic N) is 2. The fourth-order valence-corrected chi connectivity index (χ4v) is 3.23. The number of hydrogen-bond donors (Lipinski definition) is 1. The maximum atomic E-state index is 12.4. The average Bonchev–Trinajstić information content (AvgIpc) is 2.38. The molecule has 0 fully saturated rings. The van der Waals surface area contributed by atoms with E-state index in [-0.39, 0.29) is 30.1 Å². The van der Waals surface area contributed by atoms with Gasteiger partial charge in [0.25, 0.3) is 5.69 Å². The monoisotopic (exact) mass is 316 g/mol. The molecule has 8 nitrogen and oxygen atoms in total. The third kappa shape index (κ3) is 3.99. The van der Waals surface area contributed by atoms with Gasteiger partial charge in [-0.3, -0.25) is 14.9 Å². The molecule has 9 heteroatoms. The lowest BCUT2D eigenvalue weighted by Gasteiger charge is -2.19. The maximum Gasteiger partial charge on any atom is 0.304 e. The highest BCUT2D eigenvalue weighted by atomic mass is 32.2. The van der Waals surface area contributed by atoms with Crippen LogP contribution in [0.15, 0.2) is 23.1 Å². The fourth-order valence-electron chi connectivity index (χ4n) is 1.76. The van der Waals surface area contributed by atoms with Crippen molar-refractivity contribution in [3.8, 4) is 0 Å². The molecule has 0 aliphatic rings. The van der Waals surface area contributed by atoms with Gasteiger partial charge < -0.3 is 5.11 Å². The van der Waals surface area contributed by atoms with Crippen LogP contribution in [-0.2, 0) is 14.8 Å². The second-order valence-corrected chi connectivity index (χ2v) is 6.28. The number of sulfonamides is 1. The molecule has 0 heterocycles. The largest absolute Gasteiger partial charge is 0.481 e. The molecule has 0 atom stereocenters. The van der Waals surface area contributed by atoms with Gasteiger partial charge in [-0.2, -0.15) is 4.31 Å². The highest BCUT2D eigenvalue weighted by Gasteiger charge is 2.26. The van der Waals surface area contributed by atoms with E-state index in [0.29, 0.717) is 5.56 Å². The van der Waals surface area contributed by atoms with Crippen LogP contribution in [0.2, 0.25) is 0 Å². The minimum absolute atomic E-state index is 0.0806. The van der Waals surface area contributed by atoms with E-state index in [2.05, 4.69) is 0 Å². The minimum atomic E-state index is -3.95. The quantitative estimate of drug-likeness (QED) is 0.600. The predicted octanol–water partition coefficient (Wildman–Crippen LogP) is 1.39. The molecule has 1 aromatic carbocycles. The Hall–Kier alpha value is -2.00. The van der Waals surface area contributed by atoms with Crippen molar-refractivity contribution in [1.82, 2.24) is 4.31 Å². The Labute approximate surface area is 122 Å². The van der Waals surface area contributed by atoms with Crippen molar-refractivity contribution < 1.29 is 23.2 Å². The molecule has 116 valence electrons. The molecule has 21 heavy (non-hydrogen) atoms. The molecule has 1 N–H and O–H groups in total. The molecule has 0 amide bonds. The third-order valence-electron chi connectivity index (χ3n) is 2.94. The molecule has 0 saturated heterocycles. The fraction of sp³-hybridized carbons (Fsp3) is 0.417. The average molecular weight is 316 g/mol. The second-order valence-electron chi connectivity index (χ2n) is 4.35. The maximum absolute atomic E-state index is 12.4. The van der Waals surface area contributed by atoms with Gasteiger partial charge in [-0.1, -0.05) is 13.0 Å². The predicted molar refractivity (Wildman–Crippen MR) is 74.5 cm³/mol. The number of benzene rings is 1. The zero-order valence-corrected chi connectivity index (χ0v) is 12.5. The second kappa shape index (κ2) is 6.64. The first-order valence-electron chi connectivity index (χ1n) is 6.17. The van der Waals surface area contributed by atoms with Crippen molar-refractivity contribution in [1.29, 1.82) is 0 Å². The molecule has 0 radical (unpaired) electrons. The summed E-state index contributed by atoms with van der Waals surface area (Å²) in [6.07, 6.45) is -0.332. The number of nitro groups is 1. The molecule has 0 bridgehead atoms. The Balaban J connectivity index is 3.19. The number of carboxylic acid groups (broad SMARTS) is 1. The Kier molecular flexibility index (Phi) is 5.39. The minimum Gasteiger partial charge on any atom is -0.481 e. The normalized spacial score (nSPS) is 11.6. The lowest BCUT2D eigenvalue weighted by atomic mass is 10.2. The van der Waals surface area contributed by atoms with E-state index in [4.69, 9.17) is 5.11 Å². The molecule has 0 aromatic heterocycles. The molecule has 1 rings (SSSR count). The van der Waals surface area contributed by atoms with E-state index in [1.807, 2.05) is 0 Å². The van der Waals surface area contributed by atoms with E-state index in [1.54, 1.807) is 6.92 Å². The standard InChI is InChI=1S/C12H16N2O6S/c1-3-13(7-6-12(15)16)21(19,20)10-5-4-9(2)11(8-10)14(17)18/h4-5,8H,3,6-7H2,1-2H3,(H,15,16). The number of rotatable bonds is 7. The summed E-state index contributed by atoms with van der Waals surface area (Å²) in [5, 5.41) is 19.5. The Morgan fingerprint density at radius 3 is 2.52 bits per heavy atom. The van der Waals surface area contributed by atoms with E-state index in [1.165, 1.54) is 19.1 Å². The SMILES string of the molecule is CCN(CCC(=O)O)S(=O)(=O)c1ccc(C)c([N+](=O)[O-])c1. The molecular weight excluding hydrogens is 300 g/mol. The Morgan fingerprint density at radius 2 is 2.05 bits per heavy atom. The van der Waals surface area contributed by atoms with Crippen molar-refractivity contribution in [3.63, 3.8) is 0 Å². The van der Waals surface area contributed by atoms with Crippen LogP contribution in [0.5, 0.6) is 0 Å². The number of aryl methyl sites for hydroxylation is 1.